The molecule has 0 bridgehead atoms. The lowest BCUT2D eigenvalue weighted by Crippen LogP contribution is -2.38. The summed E-state index contributed by atoms with van der Waals surface area (Å²) >= 11 is 3.64. The van der Waals surface area contributed by atoms with Gasteiger partial charge in [-0.05, 0) is 53.8 Å². The summed E-state index contributed by atoms with van der Waals surface area (Å²) in [6, 6.07) is 6.94. The Morgan fingerprint density at radius 1 is 1.24 bits per heavy atom. The van der Waals surface area contributed by atoms with Gasteiger partial charge in [0, 0.05) is 15.8 Å². The minimum Gasteiger partial charge on any atom is -0.271 e. The van der Waals surface area contributed by atoms with Crippen LogP contribution in [0.2, 0.25) is 0 Å². The average molecular weight is 266 g/mol. The maximum Gasteiger partial charge on any atom is 0.0299 e. The molecule has 0 aliphatic carbocycles. The zero-order chi connectivity index (χ0) is 12.1. The highest BCUT2D eigenvalue weighted by Crippen LogP contribution is 2.19. The molecule has 2 nitrogen and oxygen atoms in total. The van der Waals surface area contributed by atoms with Crippen molar-refractivity contribution in [1.82, 2.24) is 5.43 Å². The predicted octanol–water partition coefficient (Wildman–Crippen LogP) is 2.99. The van der Waals surface area contributed by atoms with Crippen LogP contribution in [0.15, 0.2) is 29.0 Å². The Morgan fingerprint density at radius 2 is 2.06 bits per heavy atom. The minimum atomic E-state index is 0.327. The van der Waals surface area contributed by atoms with Crippen LogP contribution in [0, 0.1) is 0 Å². The molecule has 1 unspecified atom stereocenters. The summed E-state index contributed by atoms with van der Waals surface area (Å²) in [5.41, 5.74) is 4.29. The van der Waals surface area contributed by atoms with E-state index < -0.39 is 0 Å². The van der Waals surface area contributed by atoms with E-state index in [4.69, 9.17) is 5.84 Å². The number of nitrogens with one attached hydrogen (secondary N) is 1. The fraction of sp³-hybridized carbons (Fsp3) is 0.385. The van der Waals surface area contributed by atoms with Crippen LogP contribution < -0.4 is 11.3 Å². The standard InChI is InChI=1S/C13H18N2S2/c1-2-12-3-4-13(17-12)8-11(15-14)7-10-5-6-16-9-10/h3-6,9,11,15H,2,7-8,14H2,1H3. The fourth-order valence-electron chi connectivity index (χ4n) is 1.85. The van der Waals surface area contributed by atoms with Crippen LogP contribution >= 0.6 is 22.7 Å². The lowest BCUT2D eigenvalue weighted by molar-refractivity contribution is 0.526. The fourth-order valence-corrected chi connectivity index (χ4v) is 3.57. The van der Waals surface area contributed by atoms with Gasteiger partial charge in [0.1, 0.15) is 0 Å². The third-order valence-corrected chi connectivity index (χ3v) is 4.80. The van der Waals surface area contributed by atoms with E-state index in [1.165, 1.54) is 15.3 Å². The third kappa shape index (κ3) is 3.64. The van der Waals surface area contributed by atoms with Crippen molar-refractivity contribution in [1.29, 1.82) is 0 Å². The second kappa shape index (κ2) is 6.31. The van der Waals surface area contributed by atoms with Gasteiger partial charge in [-0.15, -0.1) is 11.3 Å². The Hall–Kier alpha value is -0.680. The van der Waals surface area contributed by atoms with Gasteiger partial charge in [0.2, 0.25) is 0 Å². The first-order valence-corrected chi connectivity index (χ1v) is 7.62. The van der Waals surface area contributed by atoms with Crippen molar-refractivity contribution in [2.45, 2.75) is 32.2 Å². The third-order valence-electron chi connectivity index (χ3n) is 2.81. The van der Waals surface area contributed by atoms with E-state index in [0.29, 0.717) is 6.04 Å². The molecule has 4 heteroatoms. The Labute approximate surface area is 110 Å². The van der Waals surface area contributed by atoms with Gasteiger partial charge in [-0.1, -0.05) is 6.92 Å². The maximum atomic E-state index is 5.63. The molecule has 0 saturated carbocycles. The van der Waals surface area contributed by atoms with Crippen molar-refractivity contribution in [2.75, 3.05) is 0 Å². The van der Waals surface area contributed by atoms with E-state index in [0.717, 1.165) is 19.3 Å². The van der Waals surface area contributed by atoms with Gasteiger partial charge in [-0.25, -0.2) is 0 Å². The monoisotopic (exact) mass is 266 g/mol. The Kier molecular flexibility index (Phi) is 4.74. The molecule has 0 radical (unpaired) electrons. The number of hydrogen-bond donors (Lipinski definition) is 2. The minimum absolute atomic E-state index is 0.327. The van der Waals surface area contributed by atoms with Crippen molar-refractivity contribution in [2.24, 2.45) is 5.84 Å². The molecule has 0 fully saturated rings. The van der Waals surface area contributed by atoms with Crippen LogP contribution in [0.5, 0.6) is 0 Å². The second-order valence-corrected chi connectivity index (χ2v) is 6.16. The first-order chi connectivity index (χ1) is 8.31. The normalized spacial score (nSPS) is 12.8. The zero-order valence-corrected chi connectivity index (χ0v) is 11.6. The van der Waals surface area contributed by atoms with Gasteiger partial charge >= 0.3 is 0 Å². The molecule has 3 N–H and O–H groups in total. The summed E-state index contributed by atoms with van der Waals surface area (Å²) < 4.78 is 0. The molecule has 2 heterocycles. The first kappa shape index (κ1) is 12.8. The summed E-state index contributed by atoms with van der Waals surface area (Å²) in [7, 11) is 0. The van der Waals surface area contributed by atoms with Gasteiger partial charge in [0.15, 0.2) is 0 Å². The maximum absolute atomic E-state index is 5.63. The Bertz CT molecular complexity index is 434. The van der Waals surface area contributed by atoms with Gasteiger partial charge in [-0.2, -0.15) is 11.3 Å². The number of hydrazine groups is 1. The van der Waals surface area contributed by atoms with Crippen molar-refractivity contribution in [3.05, 3.63) is 44.3 Å². The molecule has 2 aromatic heterocycles. The van der Waals surface area contributed by atoms with Crippen LogP contribution in [0.25, 0.3) is 0 Å². The molecular formula is C13H18N2S2. The molecule has 2 aromatic rings. The van der Waals surface area contributed by atoms with Gasteiger partial charge in [0.05, 0.1) is 0 Å². The molecule has 0 amide bonds. The van der Waals surface area contributed by atoms with E-state index in [9.17, 15) is 0 Å². The number of aryl methyl sites for hydroxylation is 1. The van der Waals surface area contributed by atoms with Crippen LogP contribution in [0.4, 0.5) is 0 Å². The smallest absolute Gasteiger partial charge is 0.0299 e. The number of nitrogens with two attached hydrogens (primary N) is 1. The summed E-state index contributed by atoms with van der Waals surface area (Å²) in [6.45, 7) is 2.19. The molecule has 0 spiro atoms. The highest BCUT2D eigenvalue weighted by Gasteiger charge is 2.10. The van der Waals surface area contributed by atoms with E-state index in [1.807, 2.05) is 11.3 Å². The van der Waals surface area contributed by atoms with Gasteiger partial charge in [-0.3, -0.25) is 11.3 Å². The molecule has 0 saturated heterocycles. The first-order valence-electron chi connectivity index (χ1n) is 5.86. The molecule has 92 valence electrons. The summed E-state index contributed by atoms with van der Waals surface area (Å²) in [5, 5.41) is 4.31. The Morgan fingerprint density at radius 3 is 2.65 bits per heavy atom. The SMILES string of the molecule is CCc1ccc(CC(Cc2ccsc2)NN)s1. The van der Waals surface area contributed by atoms with Crippen molar-refractivity contribution >= 4 is 22.7 Å². The highest BCUT2D eigenvalue weighted by atomic mass is 32.1. The van der Waals surface area contributed by atoms with Crippen molar-refractivity contribution in [3.8, 4) is 0 Å². The second-order valence-electron chi connectivity index (χ2n) is 4.13. The molecule has 0 aliphatic heterocycles. The largest absolute Gasteiger partial charge is 0.271 e. The summed E-state index contributed by atoms with van der Waals surface area (Å²) in [6.07, 6.45) is 3.13. The van der Waals surface area contributed by atoms with E-state index >= 15 is 0 Å². The lowest BCUT2D eigenvalue weighted by atomic mass is 10.1. The van der Waals surface area contributed by atoms with Gasteiger partial charge < -0.3 is 0 Å². The van der Waals surface area contributed by atoms with E-state index in [1.54, 1.807) is 11.3 Å². The van der Waals surface area contributed by atoms with E-state index in [2.05, 4.69) is 41.3 Å². The number of rotatable bonds is 6. The molecular weight excluding hydrogens is 248 g/mol. The highest BCUT2D eigenvalue weighted by molar-refractivity contribution is 7.12. The molecule has 0 aromatic carbocycles. The van der Waals surface area contributed by atoms with Crippen molar-refractivity contribution in [3.63, 3.8) is 0 Å². The topological polar surface area (TPSA) is 38.0 Å². The van der Waals surface area contributed by atoms with Crippen LogP contribution in [-0.2, 0) is 19.3 Å². The number of hydrogen-bond acceptors (Lipinski definition) is 4. The predicted molar refractivity (Wildman–Crippen MR) is 76.5 cm³/mol. The Balaban J connectivity index is 1.95. The molecule has 2 rings (SSSR count). The molecule has 0 aliphatic rings. The van der Waals surface area contributed by atoms with Crippen LogP contribution in [-0.4, -0.2) is 6.04 Å². The van der Waals surface area contributed by atoms with Crippen LogP contribution in [0.3, 0.4) is 0 Å². The molecule has 1 atom stereocenters. The van der Waals surface area contributed by atoms with Gasteiger partial charge in [0.25, 0.3) is 0 Å². The lowest BCUT2D eigenvalue weighted by Gasteiger charge is -2.13. The van der Waals surface area contributed by atoms with E-state index in [-0.39, 0.29) is 0 Å². The summed E-state index contributed by atoms with van der Waals surface area (Å²) in [4.78, 5) is 2.87. The molecule has 17 heavy (non-hydrogen) atoms. The quantitative estimate of drug-likeness (QED) is 0.623. The zero-order valence-electron chi connectivity index (χ0n) is 9.98. The summed E-state index contributed by atoms with van der Waals surface area (Å²) in [5.74, 6) is 5.63. The van der Waals surface area contributed by atoms with Crippen molar-refractivity contribution < 1.29 is 0 Å². The average Bonchev–Trinajstić information content (AvgIpc) is 2.99. The van der Waals surface area contributed by atoms with Crippen LogP contribution in [0.1, 0.15) is 22.2 Å². The number of thiophene rings is 2.